The molecule has 1 aromatic carbocycles. The van der Waals surface area contributed by atoms with E-state index in [0.29, 0.717) is 17.6 Å². The van der Waals surface area contributed by atoms with Crippen molar-refractivity contribution in [3.05, 3.63) is 41.1 Å². The second kappa shape index (κ2) is 9.98. The normalized spacial score (nSPS) is 18.5. The van der Waals surface area contributed by atoms with Gasteiger partial charge in [-0.25, -0.2) is 4.98 Å². The first-order chi connectivity index (χ1) is 14.7. The van der Waals surface area contributed by atoms with Crippen molar-refractivity contribution in [3.63, 3.8) is 0 Å². The van der Waals surface area contributed by atoms with Crippen molar-refractivity contribution in [2.24, 2.45) is 0 Å². The van der Waals surface area contributed by atoms with Gasteiger partial charge in [0, 0.05) is 43.0 Å². The quantitative estimate of drug-likeness (QED) is 0.695. The van der Waals surface area contributed by atoms with E-state index in [9.17, 15) is 4.79 Å². The molecule has 0 bridgehead atoms. The highest BCUT2D eigenvalue weighted by molar-refractivity contribution is 5.94. The average Bonchev–Trinajstić information content (AvgIpc) is 2.71. The minimum atomic E-state index is -0.0428. The molecule has 0 atom stereocenters. The molecule has 0 spiro atoms. The highest BCUT2D eigenvalue weighted by Gasteiger charge is 2.24. The summed E-state index contributed by atoms with van der Waals surface area (Å²) in [5.41, 5.74) is 2.73. The molecular weight excluding hydrogens is 390 g/mol. The maximum absolute atomic E-state index is 12.7. The summed E-state index contributed by atoms with van der Waals surface area (Å²) in [5.74, 6) is 2.31. The zero-order valence-corrected chi connectivity index (χ0v) is 19.5. The summed E-state index contributed by atoms with van der Waals surface area (Å²) in [5, 5.41) is 6.68. The van der Waals surface area contributed by atoms with Gasteiger partial charge in [0.05, 0.1) is 6.10 Å². The number of carbonyl (C=O) groups is 1. The summed E-state index contributed by atoms with van der Waals surface area (Å²) in [6, 6.07) is 7.87. The van der Waals surface area contributed by atoms with Crippen LogP contribution in [-0.4, -0.2) is 48.2 Å². The van der Waals surface area contributed by atoms with E-state index in [1.165, 1.54) is 0 Å². The number of carbonyl (C=O) groups excluding carboxylic acids is 1. The molecule has 1 heterocycles. The van der Waals surface area contributed by atoms with Gasteiger partial charge in [0.2, 0.25) is 5.95 Å². The zero-order valence-electron chi connectivity index (χ0n) is 19.5. The number of nitrogens with zero attached hydrogens (tertiary/aromatic N) is 3. The molecule has 0 radical (unpaired) electrons. The summed E-state index contributed by atoms with van der Waals surface area (Å²) >= 11 is 0. The molecule has 31 heavy (non-hydrogen) atoms. The summed E-state index contributed by atoms with van der Waals surface area (Å²) in [4.78, 5) is 24.0. The molecule has 1 aliphatic carbocycles. The van der Waals surface area contributed by atoms with Crippen LogP contribution in [-0.2, 0) is 0 Å². The highest BCUT2D eigenvalue weighted by Crippen LogP contribution is 2.24. The molecule has 0 aliphatic heterocycles. The maximum atomic E-state index is 12.7. The minimum absolute atomic E-state index is 0.0428. The molecule has 0 saturated heterocycles. The van der Waals surface area contributed by atoms with Gasteiger partial charge in [0.15, 0.2) is 0 Å². The van der Waals surface area contributed by atoms with E-state index >= 15 is 0 Å². The molecule has 168 valence electrons. The molecule has 7 heteroatoms. The first-order valence-electron chi connectivity index (χ1n) is 11.1. The van der Waals surface area contributed by atoms with Gasteiger partial charge in [-0.3, -0.25) is 4.79 Å². The smallest absolute Gasteiger partial charge is 0.251 e. The largest absolute Gasteiger partial charge is 0.491 e. The Kier molecular flexibility index (Phi) is 7.36. The number of nitrogens with one attached hydrogen (secondary N) is 2. The van der Waals surface area contributed by atoms with Gasteiger partial charge in [-0.1, -0.05) is 6.07 Å². The molecule has 1 fully saturated rings. The summed E-state index contributed by atoms with van der Waals surface area (Å²) in [6.45, 7) is 8.02. The lowest BCUT2D eigenvalue weighted by atomic mass is 9.91. The third kappa shape index (κ3) is 6.09. The van der Waals surface area contributed by atoms with Crippen LogP contribution in [0.3, 0.4) is 0 Å². The molecule has 1 amide bonds. The van der Waals surface area contributed by atoms with Gasteiger partial charge in [-0.2, -0.15) is 4.98 Å². The van der Waals surface area contributed by atoms with Crippen molar-refractivity contribution in [1.29, 1.82) is 0 Å². The van der Waals surface area contributed by atoms with Crippen molar-refractivity contribution < 1.29 is 9.53 Å². The Morgan fingerprint density at radius 2 is 1.77 bits per heavy atom. The Hall–Kier alpha value is -2.83. The third-order valence-corrected chi connectivity index (χ3v) is 5.65. The molecular formula is C24H35N5O2. The van der Waals surface area contributed by atoms with Crippen LogP contribution >= 0.6 is 0 Å². The van der Waals surface area contributed by atoms with Crippen LogP contribution in [0.5, 0.6) is 5.75 Å². The number of benzene rings is 1. The van der Waals surface area contributed by atoms with Crippen molar-refractivity contribution >= 4 is 17.7 Å². The van der Waals surface area contributed by atoms with Gasteiger partial charge >= 0.3 is 0 Å². The second-order valence-corrected chi connectivity index (χ2v) is 8.84. The Morgan fingerprint density at radius 1 is 1.10 bits per heavy atom. The second-order valence-electron chi connectivity index (χ2n) is 8.84. The standard InChI is InChI=1S/C24H35N5O2/c1-15(2)31-21-9-7-8-18(14-21)23(30)26-19-10-12-20(13-11-19)27-24-25-17(4)16(3)22(28-24)29(5)6/h7-9,14-15,19-20H,10-13H2,1-6H3,(H,26,30)(H,25,27,28)/t19-,20+. The van der Waals surface area contributed by atoms with Gasteiger partial charge < -0.3 is 20.3 Å². The van der Waals surface area contributed by atoms with Gasteiger partial charge in [0.25, 0.3) is 5.91 Å². The Bertz CT molecular complexity index is 905. The number of hydrogen-bond acceptors (Lipinski definition) is 6. The Morgan fingerprint density at radius 3 is 2.42 bits per heavy atom. The molecule has 7 nitrogen and oxygen atoms in total. The summed E-state index contributed by atoms with van der Waals surface area (Å²) < 4.78 is 5.70. The Balaban J connectivity index is 1.54. The lowest BCUT2D eigenvalue weighted by molar-refractivity contribution is 0.0925. The van der Waals surface area contributed by atoms with Gasteiger partial charge in [-0.05, 0) is 71.6 Å². The van der Waals surface area contributed by atoms with E-state index in [4.69, 9.17) is 4.74 Å². The molecule has 1 saturated carbocycles. The molecule has 1 aromatic heterocycles. The van der Waals surface area contributed by atoms with Crippen LogP contribution < -0.4 is 20.3 Å². The number of hydrogen-bond donors (Lipinski definition) is 2. The van der Waals surface area contributed by atoms with E-state index in [1.54, 1.807) is 0 Å². The maximum Gasteiger partial charge on any atom is 0.251 e. The van der Waals surface area contributed by atoms with Crippen molar-refractivity contribution in [2.45, 2.75) is 71.6 Å². The topological polar surface area (TPSA) is 79.4 Å². The third-order valence-electron chi connectivity index (χ3n) is 5.65. The SMILES string of the molecule is Cc1nc(N[C@H]2CC[C@@H](NC(=O)c3cccc(OC(C)C)c3)CC2)nc(N(C)C)c1C. The van der Waals surface area contributed by atoms with Crippen molar-refractivity contribution in [2.75, 3.05) is 24.3 Å². The fourth-order valence-electron chi connectivity index (χ4n) is 3.93. The highest BCUT2D eigenvalue weighted by atomic mass is 16.5. The van der Waals surface area contributed by atoms with E-state index in [2.05, 4.69) is 20.6 Å². The monoisotopic (exact) mass is 425 g/mol. The van der Waals surface area contributed by atoms with Crippen molar-refractivity contribution in [3.8, 4) is 5.75 Å². The minimum Gasteiger partial charge on any atom is -0.491 e. The van der Waals surface area contributed by atoms with Gasteiger partial charge in [0.1, 0.15) is 11.6 Å². The molecule has 2 aromatic rings. The predicted octanol–water partition coefficient (Wildman–Crippen LogP) is 4.10. The van der Waals surface area contributed by atoms with Crippen LogP contribution in [0.15, 0.2) is 24.3 Å². The summed E-state index contributed by atoms with van der Waals surface area (Å²) in [6.07, 6.45) is 3.87. The van der Waals surface area contributed by atoms with E-state index in [0.717, 1.165) is 48.5 Å². The number of anilines is 2. The van der Waals surface area contributed by atoms with Gasteiger partial charge in [-0.15, -0.1) is 0 Å². The van der Waals surface area contributed by atoms with Crippen LogP contribution in [0.1, 0.15) is 61.1 Å². The van der Waals surface area contributed by atoms with Crippen molar-refractivity contribution in [1.82, 2.24) is 15.3 Å². The number of ether oxygens (including phenoxy) is 1. The summed E-state index contributed by atoms with van der Waals surface area (Å²) in [7, 11) is 3.99. The van der Waals surface area contributed by atoms with E-state index in [-0.39, 0.29) is 18.1 Å². The van der Waals surface area contributed by atoms with Crippen LogP contribution in [0.2, 0.25) is 0 Å². The lowest BCUT2D eigenvalue weighted by Crippen LogP contribution is -2.40. The average molecular weight is 426 g/mol. The molecule has 3 rings (SSSR count). The zero-order chi connectivity index (χ0) is 22.5. The molecule has 1 aliphatic rings. The van der Waals surface area contributed by atoms with E-state index in [1.807, 2.05) is 71.0 Å². The number of rotatable bonds is 7. The number of aromatic nitrogens is 2. The van der Waals surface area contributed by atoms with Crippen LogP contribution in [0.4, 0.5) is 11.8 Å². The van der Waals surface area contributed by atoms with Crippen LogP contribution in [0.25, 0.3) is 0 Å². The lowest BCUT2D eigenvalue weighted by Gasteiger charge is -2.30. The number of amides is 1. The fraction of sp³-hybridized carbons (Fsp3) is 0.542. The predicted molar refractivity (Wildman–Crippen MR) is 125 cm³/mol. The van der Waals surface area contributed by atoms with E-state index < -0.39 is 0 Å². The fourth-order valence-corrected chi connectivity index (χ4v) is 3.93. The first kappa shape index (κ1) is 22.8. The van der Waals surface area contributed by atoms with Crippen LogP contribution in [0, 0.1) is 13.8 Å². The first-order valence-corrected chi connectivity index (χ1v) is 11.1. The Labute approximate surface area is 185 Å². The number of aryl methyl sites for hydroxylation is 1. The molecule has 2 N–H and O–H groups in total. The molecule has 0 unspecified atom stereocenters.